The summed E-state index contributed by atoms with van der Waals surface area (Å²) in [4.78, 5) is 16.0. The number of furan rings is 1. The average Bonchev–Trinajstić information content (AvgIpc) is 3.12. The first-order chi connectivity index (χ1) is 11.9. The number of imidazole rings is 1. The van der Waals surface area contributed by atoms with Gasteiger partial charge in [-0.15, -0.1) is 0 Å². The van der Waals surface area contributed by atoms with Crippen LogP contribution in [0.2, 0.25) is 0 Å². The summed E-state index contributed by atoms with van der Waals surface area (Å²) in [6.45, 7) is 0. The molecule has 3 aromatic rings. The predicted molar refractivity (Wildman–Crippen MR) is 81.2 cm³/mol. The van der Waals surface area contributed by atoms with E-state index in [9.17, 15) is 18.0 Å². The molecular weight excluding hydrogens is 337 g/mol. The monoisotopic (exact) mass is 350 g/mol. The number of pyridine rings is 1. The van der Waals surface area contributed by atoms with Crippen LogP contribution in [0.15, 0.2) is 35.3 Å². The minimum atomic E-state index is -4.61. The molecule has 5 nitrogen and oxygen atoms in total. The molecule has 1 saturated carbocycles. The third-order valence-electron chi connectivity index (χ3n) is 4.26. The summed E-state index contributed by atoms with van der Waals surface area (Å²) in [5.74, 6) is -0.728. The van der Waals surface area contributed by atoms with Crippen molar-refractivity contribution in [2.75, 3.05) is 7.11 Å². The molecule has 1 aliphatic carbocycles. The number of carbonyl (C=O) groups excluding carboxylic acids is 1. The number of aromatic nitrogens is 2. The molecule has 1 aliphatic rings. The molecule has 0 amide bonds. The van der Waals surface area contributed by atoms with Gasteiger partial charge in [0.15, 0.2) is 5.69 Å². The fourth-order valence-corrected chi connectivity index (χ4v) is 2.95. The van der Waals surface area contributed by atoms with Crippen LogP contribution in [-0.4, -0.2) is 22.5 Å². The Bertz CT molecular complexity index is 954. The van der Waals surface area contributed by atoms with Gasteiger partial charge in [-0.3, -0.25) is 0 Å². The smallest absolute Gasteiger partial charge is 0.420 e. The number of halogens is 3. The maximum absolute atomic E-state index is 13.6. The van der Waals surface area contributed by atoms with Crippen LogP contribution < -0.4 is 0 Å². The van der Waals surface area contributed by atoms with Gasteiger partial charge in [0, 0.05) is 23.2 Å². The van der Waals surface area contributed by atoms with E-state index in [0.29, 0.717) is 16.8 Å². The van der Waals surface area contributed by atoms with E-state index in [2.05, 4.69) is 4.98 Å². The summed E-state index contributed by atoms with van der Waals surface area (Å²) < 4.78 is 51.8. The summed E-state index contributed by atoms with van der Waals surface area (Å²) in [6.07, 6.45) is 1.31. The summed E-state index contributed by atoms with van der Waals surface area (Å²) in [5.41, 5.74) is 0.0783. The van der Waals surface area contributed by atoms with Crippen molar-refractivity contribution in [2.24, 2.45) is 0 Å². The number of methoxy groups -OCH3 is 1. The molecular formula is C17H13F3N2O3. The van der Waals surface area contributed by atoms with Crippen LogP contribution in [0.3, 0.4) is 0 Å². The van der Waals surface area contributed by atoms with Crippen molar-refractivity contribution in [3.8, 4) is 11.1 Å². The van der Waals surface area contributed by atoms with E-state index >= 15 is 0 Å². The second-order valence-electron chi connectivity index (χ2n) is 5.96. The molecule has 0 spiro atoms. The Labute approximate surface area is 140 Å². The second kappa shape index (κ2) is 5.37. The Balaban J connectivity index is 2.06. The lowest BCUT2D eigenvalue weighted by atomic mass is 10.1. The standard InChI is InChI=1S/C17H13F3N2O3/c1-24-16(23)13-14(9-2-3-9)22-7-11(10-4-5-25-8-10)6-12(15(22)21-13)17(18,19)20/h4-9H,2-3H2,1H3. The third-order valence-corrected chi connectivity index (χ3v) is 4.26. The van der Waals surface area contributed by atoms with Crippen molar-refractivity contribution in [3.63, 3.8) is 0 Å². The molecule has 0 N–H and O–H groups in total. The van der Waals surface area contributed by atoms with E-state index in [0.717, 1.165) is 18.9 Å². The highest BCUT2D eigenvalue weighted by molar-refractivity contribution is 5.90. The van der Waals surface area contributed by atoms with Gasteiger partial charge in [-0.1, -0.05) is 0 Å². The molecule has 0 bridgehead atoms. The van der Waals surface area contributed by atoms with Crippen LogP contribution in [0.4, 0.5) is 13.2 Å². The maximum Gasteiger partial charge on any atom is 0.420 e. The SMILES string of the molecule is COC(=O)c1nc2c(C(F)(F)F)cc(-c3ccoc3)cn2c1C1CC1. The first-order valence-corrected chi connectivity index (χ1v) is 7.64. The van der Waals surface area contributed by atoms with Crippen molar-refractivity contribution < 1.29 is 27.1 Å². The van der Waals surface area contributed by atoms with Gasteiger partial charge >= 0.3 is 12.1 Å². The first kappa shape index (κ1) is 15.7. The molecule has 0 aliphatic heterocycles. The molecule has 1 fully saturated rings. The Hall–Kier alpha value is -2.77. The van der Waals surface area contributed by atoms with Crippen LogP contribution in [0, 0.1) is 0 Å². The van der Waals surface area contributed by atoms with Gasteiger partial charge in [0.25, 0.3) is 0 Å². The average molecular weight is 350 g/mol. The van der Waals surface area contributed by atoms with Crippen molar-refractivity contribution in [2.45, 2.75) is 24.9 Å². The van der Waals surface area contributed by atoms with Gasteiger partial charge in [0.2, 0.25) is 0 Å². The summed E-state index contributed by atoms with van der Waals surface area (Å²) in [6, 6.07) is 2.60. The minimum Gasteiger partial charge on any atom is -0.472 e. The van der Waals surface area contributed by atoms with Crippen LogP contribution in [0.1, 0.15) is 40.5 Å². The number of hydrogen-bond acceptors (Lipinski definition) is 4. The number of hydrogen-bond donors (Lipinski definition) is 0. The fourth-order valence-electron chi connectivity index (χ4n) is 2.95. The largest absolute Gasteiger partial charge is 0.472 e. The highest BCUT2D eigenvalue weighted by atomic mass is 19.4. The molecule has 0 radical (unpaired) electrons. The van der Waals surface area contributed by atoms with E-state index in [1.807, 2.05) is 0 Å². The van der Waals surface area contributed by atoms with Gasteiger partial charge in [-0.05, 0) is 25.0 Å². The Morgan fingerprint density at radius 2 is 2.12 bits per heavy atom. The zero-order valence-electron chi connectivity index (χ0n) is 13.1. The van der Waals surface area contributed by atoms with Crippen molar-refractivity contribution in [1.29, 1.82) is 0 Å². The van der Waals surface area contributed by atoms with Gasteiger partial charge in [0.1, 0.15) is 5.65 Å². The fraction of sp³-hybridized carbons (Fsp3) is 0.294. The van der Waals surface area contributed by atoms with Crippen LogP contribution in [-0.2, 0) is 10.9 Å². The number of ether oxygens (including phenoxy) is 1. The molecule has 4 rings (SSSR count). The molecule has 3 heterocycles. The highest BCUT2D eigenvalue weighted by Gasteiger charge is 2.39. The molecule has 0 atom stereocenters. The Morgan fingerprint density at radius 3 is 2.68 bits per heavy atom. The van der Waals surface area contributed by atoms with E-state index in [1.54, 1.807) is 12.3 Å². The quantitative estimate of drug-likeness (QED) is 0.662. The normalized spacial score (nSPS) is 14.9. The second-order valence-corrected chi connectivity index (χ2v) is 5.96. The maximum atomic E-state index is 13.6. The lowest BCUT2D eigenvalue weighted by Gasteiger charge is -2.11. The zero-order chi connectivity index (χ0) is 17.8. The van der Waals surface area contributed by atoms with Gasteiger partial charge in [-0.2, -0.15) is 13.2 Å². The number of alkyl halides is 3. The molecule has 8 heteroatoms. The summed E-state index contributed by atoms with van der Waals surface area (Å²) in [7, 11) is 1.19. The molecule has 130 valence electrons. The summed E-state index contributed by atoms with van der Waals surface area (Å²) >= 11 is 0. The lowest BCUT2D eigenvalue weighted by Crippen LogP contribution is -2.09. The number of esters is 1. The summed E-state index contributed by atoms with van der Waals surface area (Å²) in [5, 5.41) is 0. The van der Waals surface area contributed by atoms with Crippen molar-refractivity contribution >= 4 is 11.6 Å². The van der Waals surface area contributed by atoms with Gasteiger partial charge in [0.05, 0.1) is 30.9 Å². The van der Waals surface area contributed by atoms with Crippen LogP contribution in [0.5, 0.6) is 0 Å². The number of carbonyl (C=O) groups is 1. The Kier molecular flexibility index (Phi) is 3.38. The predicted octanol–water partition coefficient (Wildman–Crippen LogP) is 4.28. The van der Waals surface area contributed by atoms with Gasteiger partial charge < -0.3 is 13.6 Å². The van der Waals surface area contributed by atoms with Gasteiger partial charge in [-0.25, -0.2) is 9.78 Å². The molecule has 3 aromatic heterocycles. The van der Waals surface area contributed by atoms with E-state index in [1.165, 1.54) is 24.0 Å². The minimum absolute atomic E-state index is 0.00443. The molecule has 0 unspecified atom stereocenters. The molecule has 25 heavy (non-hydrogen) atoms. The van der Waals surface area contributed by atoms with Crippen molar-refractivity contribution in [3.05, 3.63) is 47.8 Å². The van der Waals surface area contributed by atoms with Crippen LogP contribution >= 0.6 is 0 Å². The first-order valence-electron chi connectivity index (χ1n) is 7.64. The highest BCUT2D eigenvalue weighted by Crippen LogP contribution is 2.44. The number of nitrogens with zero attached hydrogens (tertiary/aromatic N) is 2. The van der Waals surface area contributed by atoms with Crippen LogP contribution in [0.25, 0.3) is 16.8 Å². The third kappa shape index (κ3) is 2.57. The Morgan fingerprint density at radius 1 is 1.36 bits per heavy atom. The molecule has 0 saturated heterocycles. The number of fused-ring (bicyclic) bond motifs is 1. The topological polar surface area (TPSA) is 56.7 Å². The van der Waals surface area contributed by atoms with E-state index in [4.69, 9.17) is 9.15 Å². The molecule has 0 aromatic carbocycles. The van der Waals surface area contributed by atoms with E-state index < -0.39 is 17.7 Å². The van der Waals surface area contributed by atoms with E-state index in [-0.39, 0.29) is 17.3 Å². The number of rotatable bonds is 3. The lowest BCUT2D eigenvalue weighted by molar-refractivity contribution is -0.136. The zero-order valence-corrected chi connectivity index (χ0v) is 13.1. The van der Waals surface area contributed by atoms with Crippen molar-refractivity contribution in [1.82, 2.24) is 9.38 Å².